The van der Waals surface area contributed by atoms with E-state index in [4.69, 9.17) is 4.74 Å². The molecule has 0 unspecified atom stereocenters. The van der Waals surface area contributed by atoms with Crippen LogP contribution in [-0.2, 0) is 6.54 Å². The van der Waals surface area contributed by atoms with Crippen LogP contribution in [0.2, 0.25) is 0 Å². The van der Waals surface area contributed by atoms with Gasteiger partial charge < -0.3 is 9.64 Å². The quantitative estimate of drug-likeness (QED) is 0.834. The molecule has 0 bridgehead atoms. The number of aromatic nitrogens is 2. The number of amides is 1. The number of benzene rings is 1. The molecule has 6 heteroatoms. The molecule has 0 N–H and O–H groups in total. The lowest BCUT2D eigenvalue weighted by Crippen LogP contribution is -2.49. The first-order valence-corrected chi connectivity index (χ1v) is 8.74. The van der Waals surface area contributed by atoms with Crippen LogP contribution in [0.1, 0.15) is 21.7 Å². The second-order valence-corrected chi connectivity index (χ2v) is 6.48. The minimum absolute atomic E-state index is 0.0515. The summed E-state index contributed by atoms with van der Waals surface area (Å²) in [6.07, 6.45) is 0. The molecule has 25 heavy (non-hydrogen) atoms. The highest BCUT2D eigenvalue weighted by Crippen LogP contribution is 2.20. The van der Waals surface area contributed by atoms with Crippen LogP contribution >= 0.6 is 0 Å². The molecule has 0 saturated carbocycles. The zero-order valence-electron chi connectivity index (χ0n) is 15.2. The number of carbonyl (C=O) groups is 1. The lowest BCUT2D eigenvalue weighted by atomic mass is 10.1. The lowest BCUT2D eigenvalue weighted by Gasteiger charge is -2.35. The Labute approximate surface area is 149 Å². The van der Waals surface area contributed by atoms with Crippen LogP contribution in [0.15, 0.2) is 30.3 Å². The second-order valence-electron chi connectivity index (χ2n) is 6.48. The van der Waals surface area contributed by atoms with E-state index in [2.05, 4.69) is 27.7 Å². The van der Waals surface area contributed by atoms with Gasteiger partial charge >= 0.3 is 0 Å². The molecule has 2 heterocycles. The van der Waals surface area contributed by atoms with Crippen molar-refractivity contribution in [3.63, 3.8) is 0 Å². The van der Waals surface area contributed by atoms with Crippen LogP contribution in [0.4, 0.5) is 0 Å². The average Bonchev–Trinajstić information content (AvgIpc) is 2.97. The molecule has 1 amide bonds. The number of para-hydroxylation sites is 1. The maximum absolute atomic E-state index is 12.7. The molecule has 1 aliphatic heterocycles. The van der Waals surface area contributed by atoms with Crippen molar-refractivity contribution in [2.24, 2.45) is 0 Å². The van der Waals surface area contributed by atoms with Crippen molar-refractivity contribution < 1.29 is 9.53 Å². The molecule has 1 saturated heterocycles. The predicted octanol–water partition coefficient (Wildman–Crippen LogP) is 1.97. The Morgan fingerprint density at radius 3 is 2.48 bits per heavy atom. The highest BCUT2D eigenvalue weighted by Gasteiger charge is 2.24. The Bertz CT molecular complexity index is 733. The first-order chi connectivity index (χ1) is 12.1. The lowest BCUT2D eigenvalue weighted by molar-refractivity contribution is 0.0628. The number of methoxy groups -OCH3 is 1. The van der Waals surface area contributed by atoms with Crippen LogP contribution in [0.25, 0.3) is 0 Å². The Kier molecular flexibility index (Phi) is 5.38. The number of ether oxygens (including phenoxy) is 1. The summed E-state index contributed by atoms with van der Waals surface area (Å²) < 4.78 is 7.37. The van der Waals surface area contributed by atoms with Crippen molar-refractivity contribution >= 4 is 5.91 Å². The van der Waals surface area contributed by atoms with E-state index < -0.39 is 0 Å². The molecular formula is C19H26N4O2. The summed E-state index contributed by atoms with van der Waals surface area (Å²) >= 11 is 0. The van der Waals surface area contributed by atoms with Gasteiger partial charge in [-0.25, -0.2) is 0 Å². The molecule has 3 rings (SSSR count). The fourth-order valence-corrected chi connectivity index (χ4v) is 3.30. The number of carbonyl (C=O) groups excluding carboxylic acids is 1. The molecule has 0 radical (unpaired) electrons. The first-order valence-electron chi connectivity index (χ1n) is 8.74. The average molecular weight is 342 g/mol. The molecule has 2 aromatic rings. The highest BCUT2D eigenvalue weighted by molar-refractivity contribution is 5.97. The van der Waals surface area contributed by atoms with Gasteiger partial charge in [-0.1, -0.05) is 12.1 Å². The molecule has 1 aromatic heterocycles. The standard InChI is InChI=1S/C19H26N4O2/c1-15-14-16(2)23(20-15)13-10-21-8-11-22(12-9-21)19(24)17-6-4-5-7-18(17)25-3/h4-7,14H,8-13H2,1-3H3. The van der Waals surface area contributed by atoms with Gasteiger partial charge in [-0.3, -0.25) is 14.4 Å². The van der Waals surface area contributed by atoms with Crippen molar-refractivity contribution in [2.75, 3.05) is 39.8 Å². The van der Waals surface area contributed by atoms with Gasteiger partial charge in [0.2, 0.25) is 0 Å². The van der Waals surface area contributed by atoms with Crippen molar-refractivity contribution in [3.05, 3.63) is 47.3 Å². The number of nitrogens with zero attached hydrogens (tertiary/aromatic N) is 4. The summed E-state index contributed by atoms with van der Waals surface area (Å²) in [7, 11) is 1.60. The minimum Gasteiger partial charge on any atom is -0.496 e. The molecule has 134 valence electrons. The predicted molar refractivity (Wildman–Crippen MR) is 97.0 cm³/mol. The fourth-order valence-electron chi connectivity index (χ4n) is 3.30. The van der Waals surface area contributed by atoms with E-state index in [0.29, 0.717) is 11.3 Å². The largest absolute Gasteiger partial charge is 0.496 e. The third-order valence-electron chi connectivity index (χ3n) is 4.73. The maximum Gasteiger partial charge on any atom is 0.257 e. The third kappa shape index (κ3) is 4.02. The fraction of sp³-hybridized carbons (Fsp3) is 0.474. The highest BCUT2D eigenvalue weighted by atomic mass is 16.5. The summed E-state index contributed by atoms with van der Waals surface area (Å²) in [5.41, 5.74) is 2.90. The molecule has 0 atom stereocenters. The van der Waals surface area contributed by atoms with Gasteiger partial charge in [0.25, 0.3) is 5.91 Å². The Hall–Kier alpha value is -2.34. The van der Waals surface area contributed by atoms with E-state index in [1.807, 2.05) is 36.1 Å². The zero-order valence-corrected chi connectivity index (χ0v) is 15.2. The Morgan fingerprint density at radius 2 is 1.84 bits per heavy atom. The molecular weight excluding hydrogens is 316 g/mol. The second kappa shape index (κ2) is 7.70. The monoisotopic (exact) mass is 342 g/mol. The number of hydrogen-bond donors (Lipinski definition) is 0. The minimum atomic E-state index is 0.0515. The molecule has 1 aromatic carbocycles. The van der Waals surface area contributed by atoms with E-state index in [-0.39, 0.29) is 5.91 Å². The Balaban J connectivity index is 1.53. The summed E-state index contributed by atoms with van der Waals surface area (Å²) in [5, 5.41) is 4.51. The number of rotatable bonds is 5. The summed E-state index contributed by atoms with van der Waals surface area (Å²) in [4.78, 5) is 17.0. The van der Waals surface area contributed by atoms with Crippen molar-refractivity contribution in [1.29, 1.82) is 0 Å². The molecule has 0 aliphatic carbocycles. The van der Waals surface area contributed by atoms with Crippen LogP contribution in [0.3, 0.4) is 0 Å². The SMILES string of the molecule is COc1ccccc1C(=O)N1CCN(CCn2nc(C)cc2C)CC1. The maximum atomic E-state index is 12.7. The van der Waals surface area contributed by atoms with Gasteiger partial charge in [0.1, 0.15) is 5.75 Å². The molecule has 1 aliphatic rings. The van der Waals surface area contributed by atoms with Gasteiger partial charge in [-0.05, 0) is 32.0 Å². The van der Waals surface area contributed by atoms with E-state index in [0.717, 1.165) is 45.0 Å². The van der Waals surface area contributed by atoms with Crippen molar-refractivity contribution in [1.82, 2.24) is 19.6 Å². The zero-order chi connectivity index (χ0) is 17.8. The summed E-state index contributed by atoms with van der Waals surface area (Å²) in [6.45, 7) is 9.22. The van der Waals surface area contributed by atoms with Crippen LogP contribution in [0.5, 0.6) is 5.75 Å². The van der Waals surface area contributed by atoms with Crippen molar-refractivity contribution in [2.45, 2.75) is 20.4 Å². The van der Waals surface area contributed by atoms with Crippen LogP contribution in [0, 0.1) is 13.8 Å². The van der Waals surface area contributed by atoms with Gasteiger partial charge in [0.05, 0.1) is 24.9 Å². The number of piperazine rings is 1. The van der Waals surface area contributed by atoms with Crippen LogP contribution < -0.4 is 4.74 Å². The topological polar surface area (TPSA) is 50.6 Å². The van der Waals surface area contributed by atoms with E-state index in [1.165, 1.54) is 5.69 Å². The van der Waals surface area contributed by atoms with E-state index >= 15 is 0 Å². The van der Waals surface area contributed by atoms with Crippen LogP contribution in [-0.4, -0.2) is 65.3 Å². The smallest absolute Gasteiger partial charge is 0.257 e. The van der Waals surface area contributed by atoms with Crippen molar-refractivity contribution in [3.8, 4) is 5.75 Å². The number of hydrogen-bond acceptors (Lipinski definition) is 4. The molecule has 0 spiro atoms. The van der Waals surface area contributed by atoms with Gasteiger partial charge in [0, 0.05) is 38.4 Å². The van der Waals surface area contributed by atoms with Gasteiger partial charge in [-0.2, -0.15) is 5.10 Å². The van der Waals surface area contributed by atoms with E-state index in [1.54, 1.807) is 7.11 Å². The normalized spacial score (nSPS) is 15.4. The third-order valence-corrected chi connectivity index (χ3v) is 4.73. The van der Waals surface area contributed by atoms with Gasteiger partial charge in [0.15, 0.2) is 0 Å². The molecule has 1 fully saturated rings. The Morgan fingerprint density at radius 1 is 1.12 bits per heavy atom. The van der Waals surface area contributed by atoms with E-state index in [9.17, 15) is 4.79 Å². The van der Waals surface area contributed by atoms with Gasteiger partial charge in [-0.15, -0.1) is 0 Å². The molecule has 6 nitrogen and oxygen atoms in total. The summed E-state index contributed by atoms with van der Waals surface area (Å²) in [6, 6.07) is 9.52. The first kappa shape index (κ1) is 17.5. The number of aryl methyl sites for hydroxylation is 2. The summed E-state index contributed by atoms with van der Waals surface area (Å²) in [5.74, 6) is 0.690.